The molecule has 0 saturated heterocycles. The van der Waals surface area contributed by atoms with Crippen molar-refractivity contribution in [2.45, 2.75) is 27.7 Å². The number of hydrogen-bond donors (Lipinski definition) is 2. The van der Waals surface area contributed by atoms with Gasteiger partial charge >= 0.3 is 0 Å². The molecule has 0 fully saturated rings. The molecule has 0 atom stereocenters. The van der Waals surface area contributed by atoms with Gasteiger partial charge in [-0.05, 0) is 37.1 Å². The van der Waals surface area contributed by atoms with E-state index in [-0.39, 0.29) is 17.4 Å². The van der Waals surface area contributed by atoms with Crippen LogP contribution in [0.15, 0.2) is 35.3 Å². The van der Waals surface area contributed by atoms with Crippen LogP contribution in [0.3, 0.4) is 0 Å². The first-order chi connectivity index (χ1) is 11.5. The van der Waals surface area contributed by atoms with E-state index in [0.717, 1.165) is 11.1 Å². The first-order valence-electron chi connectivity index (χ1n) is 7.61. The van der Waals surface area contributed by atoms with Crippen LogP contribution in [-0.4, -0.2) is 15.1 Å². The van der Waals surface area contributed by atoms with E-state index in [9.17, 15) is 9.90 Å². The lowest BCUT2D eigenvalue weighted by Gasteiger charge is -2.09. The lowest BCUT2D eigenvalue weighted by atomic mass is 10.1. The Hall–Kier alpha value is -2.53. The zero-order valence-electron chi connectivity index (χ0n) is 14.0. The van der Waals surface area contributed by atoms with E-state index in [1.54, 1.807) is 30.5 Å². The Morgan fingerprint density at radius 1 is 1.21 bits per heavy atom. The Morgan fingerprint density at radius 3 is 2.54 bits per heavy atom. The Morgan fingerprint density at radius 2 is 1.92 bits per heavy atom. The first kappa shape index (κ1) is 17.8. The zero-order valence-corrected chi connectivity index (χ0v) is 14.7. The van der Waals surface area contributed by atoms with E-state index in [1.165, 1.54) is 0 Å². The molecule has 0 bridgehead atoms. The summed E-state index contributed by atoms with van der Waals surface area (Å²) in [5, 5.41) is 11.3. The summed E-state index contributed by atoms with van der Waals surface area (Å²) in [6, 6.07) is 6.73. The molecule has 0 aliphatic rings. The predicted octanol–water partition coefficient (Wildman–Crippen LogP) is 4.72. The summed E-state index contributed by atoms with van der Waals surface area (Å²) < 4.78 is 5.44. The molecule has 0 amide bonds. The topological polar surface area (TPSA) is 75.2 Å². The molecule has 0 radical (unpaired) electrons. The molecular weight excluding hydrogens is 328 g/mol. The van der Waals surface area contributed by atoms with Gasteiger partial charge in [0, 0.05) is 22.7 Å². The number of nitrogens with zero attached hydrogens (tertiary/aromatic N) is 1. The van der Waals surface area contributed by atoms with Gasteiger partial charge < -0.3 is 14.8 Å². The van der Waals surface area contributed by atoms with Crippen molar-refractivity contribution in [2.24, 2.45) is 0 Å². The highest BCUT2D eigenvalue weighted by molar-refractivity contribution is 6.32. The summed E-state index contributed by atoms with van der Waals surface area (Å²) in [6.45, 7) is 7.71. The molecule has 0 saturated carbocycles. The summed E-state index contributed by atoms with van der Waals surface area (Å²) in [6.07, 6.45) is 1.62. The third-order valence-electron chi connectivity index (χ3n) is 3.31. The molecule has 3 rings (SSSR count). The Bertz CT molecular complexity index is 918. The summed E-state index contributed by atoms with van der Waals surface area (Å²) >= 11 is 6.03. The van der Waals surface area contributed by atoms with Crippen LogP contribution in [0.4, 0.5) is 0 Å². The summed E-state index contributed by atoms with van der Waals surface area (Å²) in [5.41, 5.74) is 1.65. The van der Waals surface area contributed by atoms with Crippen molar-refractivity contribution in [2.75, 3.05) is 0 Å². The standard InChI is InChI=1S/C16H13ClN2O3.C2H6/c1-8-3-4-13(18-7-8)22-15-14(20)10-5-9(2)11(17)6-12(10)19-16(15)21;1-2/h3-7H,1-2H3,(H2,19,20,21);1-2H3. The lowest BCUT2D eigenvalue weighted by molar-refractivity contribution is 0.401. The molecule has 2 N–H and O–H groups in total. The number of nitrogens with one attached hydrogen (secondary N) is 1. The number of aromatic nitrogens is 2. The van der Waals surface area contributed by atoms with Crippen LogP contribution in [0.5, 0.6) is 17.4 Å². The maximum absolute atomic E-state index is 12.1. The smallest absolute Gasteiger partial charge is 0.295 e. The van der Waals surface area contributed by atoms with Crippen molar-refractivity contribution in [3.8, 4) is 17.4 Å². The van der Waals surface area contributed by atoms with E-state index >= 15 is 0 Å². The van der Waals surface area contributed by atoms with Crippen LogP contribution < -0.4 is 10.3 Å². The number of hydrogen-bond acceptors (Lipinski definition) is 4. The van der Waals surface area contributed by atoms with Gasteiger partial charge in [0.1, 0.15) is 0 Å². The number of aromatic amines is 1. The van der Waals surface area contributed by atoms with Crippen molar-refractivity contribution in [1.29, 1.82) is 0 Å². The maximum Gasteiger partial charge on any atom is 0.295 e. The first-order valence-corrected chi connectivity index (χ1v) is 7.99. The Kier molecular flexibility index (Phi) is 5.46. The maximum atomic E-state index is 12.1. The van der Waals surface area contributed by atoms with E-state index in [4.69, 9.17) is 16.3 Å². The number of aryl methyl sites for hydroxylation is 2. The highest BCUT2D eigenvalue weighted by Crippen LogP contribution is 2.34. The van der Waals surface area contributed by atoms with Crippen molar-refractivity contribution in [1.82, 2.24) is 9.97 Å². The number of ether oxygens (including phenoxy) is 1. The molecule has 0 unspecified atom stereocenters. The monoisotopic (exact) mass is 346 g/mol. The number of pyridine rings is 2. The second kappa shape index (κ2) is 7.36. The fraction of sp³-hybridized carbons (Fsp3) is 0.222. The molecule has 6 heteroatoms. The normalized spacial score (nSPS) is 10.2. The second-order valence-electron chi connectivity index (χ2n) is 5.05. The van der Waals surface area contributed by atoms with Crippen molar-refractivity contribution in [3.05, 3.63) is 57.0 Å². The van der Waals surface area contributed by atoms with Gasteiger partial charge in [0.25, 0.3) is 5.56 Å². The highest BCUT2D eigenvalue weighted by atomic mass is 35.5. The third-order valence-corrected chi connectivity index (χ3v) is 3.72. The van der Waals surface area contributed by atoms with Gasteiger partial charge in [0.2, 0.25) is 11.6 Å². The summed E-state index contributed by atoms with van der Waals surface area (Å²) in [5.74, 6) is -0.192. The minimum Gasteiger partial charge on any atom is -0.504 e. The minimum atomic E-state index is -0.549. The van der Waals surface area contributed by atoms with Gasteiger partial charge in [0.15, 0.2) is 5.75 Å². The highest BCUT2D eigenvalue weighted by Gasteiger charge is 2.15. The van der Waals surface area contributed by atoms with Gasteiger partial charge in [-0.1, -0.05) is 31.5 Å². The van der Waals surface area contributed by atoms with E-state index in [0.29, 0.717) is 15.9 Å². The molecule has 3 aromatic rings. The summed E-state index contributed by atoms with van der Waals surface area (Å²) in [7, 11) is 0. The molecule has 5 nitrogen and oxygen atoms in total. The molecule has 2 aromatic heterocycles. The van der Waals surface area contributed by atoms with Gasteiger partial charge in [-0.3, -0.25) is 4.79 Å². The van der Waals surface area contributed by atoms with Crippen LogP contribution in [0.25, 0.3) is 10.9 Å². The van der Waals surface area contributed by atoms with Crippen LogP contribution >= 0.6 is 11.6 Å². The predicted molar refractivity (Wildman–Crippen MR) is 96.4 cm³/mol. The average molecular weight is 347 g/mol. The number of halogens is 1. The van der Waals surface area contributed by atoms with Crippen molar-refractivity contribution < 1.29 is 9.84 Å². The third kappa shape index (κ3) is 3.51. The quantitative estimate of drug-likeness (QED) is 0.704. The molecule has 2 heterocycles. The Balaban J connectivity index is 0.00000100. The van der Waals surface area contributed by atoms with Gasteiger partial charge in [-0.25, -0.2) is 4.98 Å². The van der Waals surface area contributed by atoms with Crippen LogP contribution in [0.1, 0.15) is 25.0 Å². The Labute approximate surface area is 144 Å². The van der Waals surface area contributed by atoms with E-state index in [1.807, 2.05) is 27.7 Å². The van der Waals surface area contributed by atoms with Crippen molar-refractivity contribution >= 4 is 22.5 Å². The lowest BCUT2D eigenvalue weighted by Crippen LogP contribution is -2.09. The molecular formula is C18H19ClN2O3. The molecule has 1 aromatic carbocycles. The van der Waals surface area contributed by atoms with Crippen LogP contribution in [-0.2, 0) is 0 Å². The molecule has 0 spiro atoms. The number of H-pyrrole nitrogens is 1. The molecule has 24 heavy (non-hydrogen) atoms. The fourth-order valence-corrected chi connectivity index (χ4v) is 2.27. The van der Waals surface area contributed by atoms with E-state index < -0.39 is 5.56 Å². The van der Waals surface area contributed by atoms with Gasteiger partial charge in [-0.2, -0.15) is 0 Å². The van der Waals surface area contributed by atoms with Crippen LogP contribution in [0, 0.1) is 13.8 Å². The molecule has 126 valence electrons. The van der Waals surface area contributed by atoms with E-state index in [2.05, 4.69) is 9.97 Å². The zero-order chi connectivity index (χ0) is 17.9. The summed E-state index contributed by atoms with van der Waals surface area (Å²) in [4.78, 5) is 18.8. The molecule has 0 aliphatic heterocycles. The van der Waals surface area contributed by atoms with Crippen molar-refractivity contribution in [3.63, 3.8) is 0 Å². The van der Waals surface area contributed by atoms with Gasteiger partial charge in [-0.15, -0.1) is 0 Å². The van der Waals surface area contributed by atoms with Crippen LogP contribution in [0.2, 0.25) is 5.02 Å². The second-order valence-corrected chi connectivity index (χ2v) is 5.46. The van der Waals surface area contributed by atoms with Gasteiger partial charge in [0.05, 0.1) is 5.52 Å². The number of rotatable bonds is 2. The minimum absolute atomic E-state index is 0.189. The number of aromatic hydroxyl groups is 1. The average Bonchev–Trinajstić information content (AvgIpc) is 2.57. The fourth-order valence-electron chi connectivity index (χ4n) is 2.10. The SMILES string of the molecule is CC.Cc1ccc(Oc2c(O)c3cc(C)c(Cl)cc3[nH]c2=O)nc1. The number of fused-ring (bicyclic) bond motifs is 1. The molecule has 0 aliphatic carbocycles. The largest absolute Gasteiger partial charge is 0.504 e. The number of benzene rings is 1.